The third-order valence-electron chi connectivity index (χ3n) is 10.5. The molecule has 1 aliphatic rings. The lowest BCUT2D eigenvalue weighted by Gasteiger charge is -2.26. The minimum Gasteiger partial charge on any atom is -0.493 e. The Bertz CT molecular complexity index is 2570. The van der Waals surface area contributed by atoms with Gasteiger partial charge in [-0.2, -0.15) is 13.5 Å². The van der Waals surface area contributed by atoms with Gasteiger partial charge in [0.1, 0.15) is 5.75 Å². The van der Waals surface area contributed by atoms with Gasteiger partial charge in [0, 0.05) is 28.5 Å². The van der Waals surface area contributed by atoms with Crippen LogP contribution in [-0.2, 0) is 14.8 Å². The highest BCUT2D eigenvalue weighted by Crippen LogP contribution is 2.38. The average Bonchev–Trinajstić information content (AvgIpc) is 3.64. The van der Waals surface area contributed by atoms with Crippen molar-refractivity contribution in [1.29, 1.82) is 0 Å². The molecule has 7 rings (SSSR count). The predicted molar refractivity (Wildman–Crippen MR) is 236 cm³/mol. The number of anilines is 1. The Labute approximate surface area is 345 Å². The van der Waals surface area contributed by atoms with Gasteiger partial charge in [-0.3, -0.25) is 0 Å². The first kappa shape index (κ1) is 40.2. The van der Waals surface area contributed by atoms with E-state index in [1.165, 1.54) is 48.8 Å². The second-order valence-corrected chi connectivity index (χ2v) is 17.8. The van der Waals surface area contributed by atoms with E-state index in [0.29, 0.717) is 54.0 Å². The van der Waals surface area contributed by atoms with Gasteiger partial charge in [-0.05, 0) is 97.5 Å². The van der Waals surface area contributed by atoms with Crippen molar-refractivity contribution in [2.24, 2.45) is 11.0 Å². The lowest BCUT2D eigenvalue weighted by atomic mass is 9.79. The fourth-order valence-electron chi connectivity index (χ4n) is 7.10. The summed E-state index contributed by atoms with van der Waals surface area (Å²) in [6.45, 7) is 11.2. The largest absolute Gasteiger partial charge is 0.493 e. The number of hydrogen-bond donors (Lipinski definition) is 0. The normalized spacial score (nSPS) is 15.8. The van der Waals surface area contributed by atoms with Crippen molar-refractivity contribution < 1.29 is 17.9 Å². The molecule has 292 valence electrons. The summed E-state index contributed by atoms with van der Waals surface area (Å²) in [6.07, 6.45) is 8.88. The predicted octanol–water partition coefficient (Wildman–Crippen LogP) is 11.6. The van der Waals surface area contributed by atoms with E-state index in [4.69, 9.17) is 21.1 Å². The number of aromatic nitrogens is 1. The lowest BCUT2D eigenvalue weighted by Crippen LogP contribution is -2.26. The van der Waals surface area contributed by atoms with Crippen molar-refractivity contribution >= 4 is 65.3 Å². The summed E-state index contributed by atoms with van der Waals surface area (Å²) in [4.78, 5) is 4.77. The summed E-state index contributed by atoms with van der Waals surface area (Å²) in [5.41, 5.74) is 5.82. The maximum atomic E-state index is 14.3. The number of halogens is 1. The van der Waals surface area contributed by atoms with Crippen LogP contribution in [0.15, 0.2) is 114 Å². The second-order valence-electron chi connectivity index (χ2n) is 14.6. The molecule has 0 bridgehead atoms. The van der Waals surface area contributed by atoms with E-state index in [2.05, 4.69) is 59.7 Å². The van der Waals surface area contributed by atoms with Crippen LogP contribution in [-0.4, -0.2) is 39.4 Å². The van der Waals surface area contributed by atoms with Crippen LogP contribution in [0, 0.1) is 31.6 Å². The zero-order chi connectivity index (χ0) is 39.9. The van der Waals surface area contributed by atoms with E-state index in [9.17, 15) is 8.42 Å². The molecule has 0 spiro atoms. The summed E-state index contributed by atoms with van der Waals surface area (Å²) in [6, 6.07) is 28.7. The minimum atomic E-state index is -4.16. The van der Waals surface area contributed by atoms with Gasteiger partial charge in [0.05, 0.1) is 46.2 Å². The lowest BCUT2D eigenvalue weighted by molar-refractivity contribution is 0.143. The highest BCUT2D eigenvalue weighted by Gasteiger charge is 2.28. The molecule has 1 aromatic heterocycles. The Hall–Kier alpha value is -4.98. The van der Waals surface area contributed by atoms with E-state index in [0.717, 1.165) is 48.1 Å². The van der Waals surface area contributed by atoms with Crippen molar-refractivity contribution in [2.75, 3.05) is 24.2 Å². The highest BCUT2D eigenvalue weighted by atomic mass is 35.5. The van der Waals surface area contributed by atoms with Gasteiger partial charge in [-0.1, -0.05) is 115 Å². The van der Waals surface area contributed by atoms with Gasteiger partial charge in [0.2, 0.25) is 5.13 Å². The smallest absolute Gasteiger partial charge is 0.285 e. The molecule has 1 aliphatic carbocycles. The third kappa shape index (κ3) is 9.27. The van der Waals surface area contributed by atoms with Gasteiger partial charge in [0.15, 0.2) is 0 Å². The third-order valence-corrected chi connectivity index (χ3v) is 13.6. The molecule has 0 N–H and O–H groups in total. The molecule has 0 aliphatic heterocycles. The molecule has 0 unspecified atom stereocenters. The monoisotopic (exact) mass is 815 g/mol. The Morgan fingerprint density at radius 2 is 1.70 bits per heavy atom. The number of nitrogens with zero attached hydrogens (tertiary/aromatic N) is 3. The molecule has 1 fully saturated rings. The minimum absolute atomic E-state index is 0.101. The second kappa shape index (κ2) is 18.1. The summed E-state index contributed by atoms with van der Waals surface area (Å²) >= 11 is 8.26. The number of ether oxygens (including phenoxy) is 2. The van der Waals surface area contributed by atoms with Crippen molar-refractivity contribution in [2.45, 2.75) is 63.7 Å². The standard InChI is InChI=1S/C47H46ClN3O4S2/c1-5-27-54-28-8-29-55-44-26-22-35(17-18-37-19-20-39-30-38(21-25-41(39)46(37)48)36-15-11-32(2)12-16-36)34(4)42(44)31-49-51(47-50-43-9-6-7-10-45(43)56-47)57(52,53)40-23-13-33(3)14-24-40/h5-7,9-10,13-14,19-26,30-32,36H,1,8,11-12,15-16,27-29H2,2-4H3/b49-31+. The maximum absolute atomic E-state index is 14.3. The molecule has 7 nitrogen and oxygen atoms in total. The van der Waals surface area contributed by atoms with Crippen LogP contribution in [0.2, 0.25) is 5.02 Å². The number of rotatable bonds is 13. The molecular formula is C47H46ClN3O4S2. The quantitative estimate of drug-likeness (QED) is 0.0381. The van der Waals surface area contributed by atoms with Crippen LogP contribution in [0.1, 0.15) is 78.3 Å². The van der Waals surface area contributed by atoms with Crippen LogP contribution < -0.4 is 9.15 Å². The van der Waals surface area contributed by atoms with E-state index < -0.39 is 10.0 Å². The summed E-state index contributed by atoms with van der Waals surface area (Å²) in [5.74, 6) is 8.59. The summed E-state index contributed by atoms with van der Waals surface area (Å²) in [7, 11) is -4.16. The summed E-state index contributed by atoms with van der Waals surface area (Å²) in [5, 5.41) is 7.59. The first-order valence-corrected chi connectivity index (χ1v) is 22.0. The molecule has 5 aromatic carbocycles. The molecule has 0 atom stereocenters. The van der Waals surface area contributed by atoms with Gasteiger partial charge < -0.3 is 9.47 Å². The number of hydrazone groups is 1. The highest BCUT2D eigenvalue weighted by molar-refractivity contribution is 7.93. The molecule has 0 radical (unpaired) electrons. The number of hydrogen-bond acceptors (Lipinski definition) is 7. The molecule has 1 heterocycles. The number of para-hydroxylation sites is 1. The number of aryl methyl sites for hydroxylation is 1. The van der Waals surface area contributed by atoms with Crippen LogP contribution in [0.5, 0.6) is 5.75 Å². The van der Waals surface area contributed by atoms with Crippen LogP contribution in [0.25, 0.3) is 21.0 Å². The maximum Gasteiger partial charge on any atom is 0.285 e. The van der Waals surface area contributed by atoms with Crippen LogP contribution in [0.3, 0.4) is 0 Å². The number of sulfonamides is 1. The molecular weight excluding hydrogens is 770 g/mol. The first-order valence-electron chi connectivity index (χ1n) is 19.3. The zero-order valence-electron chi connectivity index (χ0n) is 32.5. The molecule has 0 amide bonds. The average molecular weight is 816 g/mol. The van der Waals surface area contributed by atoms with Crippen molar-refractivity contribution in [3.05, 3.63) is 142 Å². The SMILES string of the molecule is C=CCOCCCOc1ccc(C#Cc2ccc3cc(C4CCC(C)CC4)ccc3c2Cl)c(C)c1/C=N/N(c1nc2ccccc2s1)S(=O)(=O)c1ccc(C)cc1. The topological polar surface area (TPSA) is 81.1 Å². The molecule has 10 heteroatoms. The van der Waals surface area contributed by atoms with Gasteiger partial charge in [-0.15, -0.1) is 11.0 Å². The van der Waals surface area contributed by atoms with Gasteiger partial charge >= 0.3 is 0 Å². The van der Waals surface area contributed by atoms with E-state index >= 15 is 0 Å². The van der Waals surface area contributed by atoms with E-state index in [1.807, 2.05) is 56.3 Å². The first-order chi connectivity index (χ1) is 27.6. The Balaban J connectivity index is 1.24. The van der Waals surface area contributed by atoms with Crippen molar-refractivity contribution in [3.8, 4) is 17.6 Å². The molecule has 1 saturated carbocycles. The Morgan fingerprint density at radius 1 is 0.947 bits per heavy atom. The fourth-order valence-corrected chi connectivity index (χ4v) is 9.72. The molecule has 6 aromatic rings. The van der Waals surface area contributed by atoms with Gasteiger partial charge in [-0.25, -0.2) is 4.98 Å². The molecule has 57 heavy (non-hydrogen) atoms. The number of benzene rings is 5. The van der Waals surface area contributed by atoms with E-state index in [1.54, 1.807) is 30.3 Å². The van der Waals surface area contributed by atoms with E-state index in [-0.39, 0.29) is 10.0 Å². The zero-order valence-corrected chi connectivity index (χ0v) is 34.9. The number of thiazole rings is 1. The van der Waals surface area contributed by atoms with Crippen molar-refractivity contribution in [1.82, 2.24) is 4.98 Å². The fraction of sp³-hybridized carbons (Fsp3) is 0.277. The van der Waals surface area contributed by atoms with Gasteiger partial charge in [0.25, 0.3) is 10.0 Å². The Morgan fingerprint density at radius 3 is 2.47 bits per heavy atom. The van der Waals surface area contributed by atoms with Crippen LogP contribution >= 0.6 is 22.9 Å². The summed E-state index contributed by atoms with van der Waals surface area (Å²) < 4.78 is 42.2. The molecule has 0 saturated heterocycles. The van der Waals surface area contributed by atoms with Crippen molar-refractivity contribution in [3.63, 3.8) is 0 Å². The number of fused-ring (bicyclic) bond motifs is 2. The van der Waals surface area contributed by atoms with Crippen LogP contribution in [0.4, 0.5) is 5.13 Å². The Kier molecular flexibility index (Phi) is 12.8.